The van der Waals surface area contributed by atoms with Gasteiger partial charge in [-0.05, 0) is 67.1 Å². The number of nitrogens with zero attached hydrogens (tertiary/aromatic N) is 6. The predicted molar refractivity (Wildman–Crippen MR) is 148 cm³/mol. The molecule has 3 aromatic rings. The van der Waals surface area contributed by atoms with E-state index in [1.165, 1.54) is 17.4 Å². The summed E-state index contributed by atoms with van der Waals surface area (Å²) in [7, 11) is 0. The molecule has 0 radical (unpaired) electrons. The molecule has 1 aromatic heterocycles. The van der Waals surface area contributed by atoms with Crippen molar-refractivity contribution in [2.45, 2.75) is 19.8 Å². The van der Waals surface area contributed by atoms with Gasteiger partial charge in [0.25, 0.3) is 5.91 Å². The van der Waals surface area contributed by atoms with Crippen molar-refractivity contribution in [2.75, 3.05) is 50.7 Å². The van der Waals surface area contributed by atoms with Crippen molar-refractivity contribution >= 4 is 45.5 Å². The highest BCUT2D eigenvalue weighted by atomic mass is 32.2. The van der Waals surface area contributed by atoms with Gasteiger partial charge in [0.15, 0.2) is 5.17 Å². The lowest BCUT2D eigenvalue weighted by Gasteiger charge is -2.35. The first-order valence-corrected chi connectivity index (χ1v) is 13.6. The molecule has 0 saturated carbocycles. The van der Waals surface area contributed by atoms with Crippen LogP contribution in [-0.4, -0.2) is 76.7 Å². The van der Waals surface area contributed by atoms with E-state index in [1.807, 2.05) is 18.2 Å². The molecule has 0 spiro atoms. The first-order chi connectivity index (χ1) is 17.7. The number of aliphatic imine (C=N–C) groups is 1. The normalized spacial score (nSPS) is 20.1. The molecule has 0 unspecified atom stereocenters. The van der Waals surface area contributed by atoms with Crippen molar-refractivity contribution < 1.29 is 4.79 Å². The zero-order valence-electron chi connectivity index (χ0n) is 20.6. The standard InChI is InChI=1S/C28H30N6OS/c1-2-32-13-15-33(16-14-32)22-8-6-21(7-9-22)26-23-17-20(5-10-24(23)29-19-30-26)18-25-27(35)31-28(36-25)34-11-3-4-12-34/h5-10,17-19H,2-4,11-16H2,1H3/b25-18-. The second-order valence-corrected chi connectivity index (χ2v) is 10.5. The SMILES string of the molecule is CCN1CCN(c2ccc(-c3ncnc4ccc(/C=C5\SC(N6CCCC6)=NC5=O)cc34)cc2)CC1. The van der Waals surface area contributed by atoms with E-state index in [0.717, 1.165) is 91.5 Å². The molecule has 2 aromatic carbocycles. The van der Waals surface area contributed by atoms with Crippen molar-refractivity contribution in [3.05, 3.63) is 59.3 Å². The Morgan fingerprint density at radius 1 is 0.917 bits per heavy atom. The topological polar surface area (TPSA) is 64.9 Å². The number of piperazine rings is 1. The van der Waals surface area contributed by atoms with Crippen LogP contribution in [0.3, 0.4) is 0 Å². The second-order valence-electron chi connectivity index (χ2n) is 9.47. The molecule has 3 aliphatic heterocycles. The number of benzene rings is 2. The van der Waals surface area contributed by atoms with Crippen molar-refractivity contribution in [1.29, 1.82) is 0 Å². The molecule has 7 nitrogen and oxygen atoms in total. The van der Waals surface area contributed by atoms with Crippen molar-refractivity contribution in [3.8, 4) is 11.3 Å². The summed E-state index contributed by atoms with van der Waals surface area (Å²) < 4.78 is 0. The van der Waals surface area contributed by atoms with E-state index in [0.29, 0.717) is 4.91 Å². The molecule has 0 bridgehead atoms. The quantitative estimate of drug-likeness (QED) is 0.491. The van der Waals surface area contributed by atoms with E-state index in [9.17, 15) is 4.79 Å². The Morgan fingerprint density at radius 2 is 1.69 bits per heavy atom. The number of carbonyl (C=O) groups excluding carboxylic acids is 1. The molecule has 0 atom stereocenters. The maximum absolute atomic E-state index is 12.6. The number of carbonyl (C=O) groups is 1. The van der Waals surface area contributed by atoms with E-state index >= 15 is 0 Å². The maximum atomic E-state index is 12.6. The van der Waals surface area contributed by atoms with Crippen LogP contribution in [0.25, 0.3) is 28.2 Å². The van der Waals surface area contributed by atoms with Gasteiger partial charge in [-0.2, -0.15) is 4.99 Å². The zero-order chi connectivity index (χ0) is 24.5. The number of anilines is 1. The number of thioether (sulfide) groups is 1. The van der Waals surface area contributed by atoms with Crippen molar-refractivity contribution in [3.63, 3.8) is 0 Å². The van der Waals surface area contributed by atoms with E-state index in [4.69, 9.17) is 0 Å². The molecule has 36 heavy (non-hydrogen) atoms. The number of likely N-dealkylation sites (N-methyl/N-ethyl adjacent to an activating group) is 1. The highest BCUT2D eigenvalue weighted by molar-refractivity contribution is 8.18. The Balaban J connectivity index is 1.25. The summed E-state index contributed by atoms with van der Waals surface area (Å²) in [4.78, 5) is 33.8. The minimum Gasteiger partial charge on any atom is -0.369 e. The molecule has 2 fully saturated rings. The van der Waals surface area contributed by atoms with Crippen LogP contribution in [0.5, 0.6) is 0 Å². The van der Waals surface area contributed by atoms with Crippen LogP contribution in [0.15, 0.2) is 58.7 Å². The third-order valence-electron chi connectivity index (χ3n) is 7.27. The Labute approximate surface area is 215 Å². The van der Waals surface area contributed by atoms with Crippen LogP contribution in [0.1, 0.15) is 25.3 Å². The van der Waals surface area contributed by atoms with Gasteiger partial charge in [0.05, 0.1) is 16.1 Å². The van der Waals surface area contributed by atoms with E-state index in [2.05, 4.69) is 66.9 Å². The van der Waals surface area contributed by atoms with Gasteiger partial charge in [0, 0.05) is 55.9 Å². The largest absolute Gasteiger partial charge is 0.369 e. The fourth-order valence-electron chi connectivity index (χ4n) is 5.14. The summed E-state index contributed by atoms with van der Waals surface area (Å²) in [5.41, 5.74) is 5.07. The van der Waals surface area contributed by atoms with Crippen LogP contribution in [-0.2, 0) is 4.79 Å². The van der Waals surface area contributed by atoms with Crippen LogP contribution in [0, 0.1) is 0 Å². The summed E-state index contributed by atoms with van der Waals surface area (Å²) in [6, 6.07) is 14.8. The van der Waals surface area contributed by atoms with E-state index < -0.39 is 0 Å². The molecule has 1 amide bonds. The first kappa shape index (κ1) is 23.2. The molecule has 2 saturated heterocycles. The summed E-state index contributed by atoms with van der Waals surface area (Å²) in [6.45, 7) is 9.64. The molecular weight excluding hydrogens is 468 g/mol. The number of aromatic nitrogens is 2. The Kier molecular flexibility index (Phi) is 6.46. The highest BCUT2D eigenvalue weighted by Crippen LogP contribution is 2.33. The van der Waals surface area contributed by atoms with Crippen LogP contribution in [0.2, 0.25) is 0 Å². The lowest BCUT2D eigenvalue weighted by atomic mass is 10.0. The fraction of sp³-hybridized carbons (Fsp3) is 0.357. The van der Waals surface area contributed by atoms with Gasteiger partial charge in [-0.15, -0.1) is 0 Å². The molecule has 3 aliphatic rings. The number of amides is 1. The molecule has 6 rings (SSSR count). The first-order valence-electron chi connectivity index (χ1n) is 12.8. The van der Waals surface area contributed by atoms with Gasteiger partial charge < -0.3 is 14.7 Å². The number of likely N-dealkylation sites (tertiary alicyclic amines) is 1. The van der Waals surface area contributed by atoms with Crippen LogP contribution < -0.4 is 4.90 Å². The zero-order valence-corrected chi connectivity index (χ0v) is 21.4. The lowest BCUT2D eigenvalue weighted by Crippen LogP contribution is -2.46. The number of rotatable bonds is 4. The monoisotopic (exact) mass is 498 g/mol. The summed E-state index contributed by atoms with van der Waals surface area (Å²) in [5, 5.41) is 1.82. The van der Waals surface area contributed by atoms with Gasteiger partial charge >= 0.3 is 0 Å². The molecule has 0 aliphatic carbocycles. The fourth-order valence-corrected chi connectivity index (χ4v) is 6.10. The van der Waals surface area contributed by atoms with E-state index in [1.54, 1.807) is 6.33 Å². The smallest absolute Gasteiger partial charge is 0.286 e. The molecular formula is C28H30N6OS. The third kappa shape index (κ3) is 4.63. The maximum Gasteiger partial charge on any atom is 0.286 e. The van der Waals surface area contributed by atoms with Gasteiger partial charge in [-0.25, -0.2) is 9.97 Å². The molecule has 8 heteroatoms. The third-order valence-corrected chi connectivity index (χ3v) is 8.31. The van der Waals surface area contributed by atoms with Crippen molar-refractivity contribution in [1.82, 2.24) is 19.8 Å². The Hall–Kier alpha value is -3.23. The molecule has 0 N–H and O–H groups in total. The van der Waals surface area contributed by atoms with Crippen molar-refractivity contribution in [2.24, 2.45) is 4.99 Å². The van der Waals surface area contributed by atoms with Gasteiger partial charge in [0.1, 0.15) is 6.33 Å². The number of hydrogen-bond donors (Lipinski definition) is 0. The second kappa shape index (κ2) is 10.0. The number of amidine groups is 1. The number of fused-ring (bicyclic) bond motifs is 1. The highest BCUT2D eigenvalue weighted by Gasteiger charge is 2.27. The summed E-state index contributed by atoms with van der Waals surface area (Å²) >= 11 is 1.48. The summed E-state index contributed by atoms with van der Waals surface area (Å²) in [6.07, 6.45) is 5.89. The Morgan fingerprint density at radius 3 is 2.44 bits per heavy atom. The van der Waals surface area contributed by atoms with Gasteiger partial charge in [-0.1, -0.05) is 25.1 Å². The molecule has 184 valence electrons. The van der Waals surface area contributed by atoms with Crippen LogP contribution in [0.4, 0.5) is 5.69 Å². The minimum atomic E-state index is -0.151. The van der Waals surface area contributed by atoms with E-state index in [-0.39, 0.29) is 5.91 Å². The summed E-state index contributed by atoms with van der Waals surface area (Å²) in [5.74, 6) is -0.151. The Bertz CT molecular complexity index is 1340. The van der Waals surface area contributed by atoms with Gasteiger partial charge in [-0.3, -0.25) is 4.79 Å². The van der Waals surface area contributed by atoms with Gasteiger partial charge in [0.2, 0.25) is 0 Å². The minimum absolute atomic E-state index is 0.151. The number of hydrogen-bond acceptors (Lipinski definition) is 7. The van der Waals surface area contributed by atoms with Crippen LogP contribution >= 0.6 is 11.8 Å². The lowest BCUT2D eigenvalue weighted by molar-refractivity contribution is -0.113. The average molecular weight is 499 g/mol. The molecule has 4 heterocycles. The predicted octanol–water partition coefficient (Wildman–Crippen LogP) is 4.50. The average Bonchev–Trinajstić information content (AvgIpc) is 3.59.